The van der Waals surface area contributed by atoms with Gasteiger partial charge in [-0.1, -0.05) is 106 Å². The standard InChI is InChI=1S/C38H62O6S/c1-33(2,3)29-21-27(23-37(41,25-29)35(7,8)9)13-15-31(39)43-17-19-45-20-18-44-32(40)16-14-28-22-30(34(4,5)6)26-38(42,24-28)36(10,11)12/h21-22,25-26,41-42H,13-20,23-24H2,1-12H3. The second-order valence-corrected chi connectivity index (χ2v) is 18.3. The first-order chi connectivity index (χ1) is 20.4. The first-order valence-corrected chi connectivity index (χ1v) is 17.7. The van der Waals surface area contributed by atoms with Gasteiger partial charge in [0.15, 0.2) is 0 Å². The number of thioether (sulfide) groups is 1. The monoisotopic (exact) mass is 646 g/mol. The minimum atomic E-state index is -0.957. The molecular weight excluding hydrogens is 584 g/mol. The van der Waals surface area contributed by atoms with Gasteiger partial charge in [0.2, 0.25) is 0 Å². The molecule has 7 heteroatoms. The van der Waals surface area contributed by atoms with Crippen LogP contribution in [-0.2, 0) is 19.1 Å². The molecule has 0 bridgehead atoms. The normalized spacial score (nSPS) is 23.1. The summed E-state index contributed by atoms with van der Waals surface area (Å²) < 4.78 is 10.9. The smallest absolute Gasteiger partial charge is 0.306 e. The van der Waals surface area contributed by atoms with E-state index in [0.717, 1.165) is 22.3 Å². The van der Waals surface area contributed by atoms with E-state index in [4.69, 9.17) is 9.47 Å². The SMILES string of the molecule is CC(C)(C)C1=CC(O)(C(C)(C)C)CC(CCC(=O)OCCSCCOC(=O)CCC2=CC(C(C)(C)C)=CC(O)(C(C)(C)C)C2)=C1. The maximum atomic E-state index is 12.4. The van der Waals surface area contributed by atoms with Gasteiger partial charge in [-0.25, -0.2) is 0 Å². The maximum Gasteiger partial charge on any atom is 0.306 e. The van der Waals surface area contributed by atoms with E-state index in [1.807, 2.05) is 53.7 Å². The summed E-state index contributed by atoms with van der Waals surface area (Å²) >= 11 is 1.58. The Morgan fingerprint density at radius 3 is 1.29 bits per heavy atom. The molecule has 0 amide bonds. The Bertz CT molecular complexity index is 1090. The number of hydrogen-bond donors (Lipinski definition) is 2. The number of carbonyl (C=O) groups excluding carboxylic acids is 2. The van der Waals surface area contributed by atoms with Crippen molar-refractivity contribution in [2.75, 3.05) is 24.7 Å². The van der Waals surface area contributed by atoms with Gasteiger partial charge in [0, 0.05) is 37.2 Å². The second-order valence-electron chi connectivity index (χ2n) is 17.1. The lowest BCUT2D eigenvalue weighted by Crippen LogP contribution is -2.43. The molecule has 45 heavy (non-hydrogen) atoms. The number of carbonyl (C=O) groups is 2. The third-order valence-corrected chi connectivity index (χ3v) is 10.0. The summed E-state index contributed by atoms with van der Waals surface area (Å²) in [5.41, 5.74) is 1.57. The molecule has 0 heterocycles. The number of allylic oxidation sites excluding steroid dienone is 4. The minimum absolute atomic E-state index is 0.100. The van der Waals surface area contributed by atoms with Crippen LogP contribution in [-0.4, -0.2) is 58.1 Å². The quantitative estimate of drug-likeness (QED) is 0.162. The topological polar surface area (TPSA) is 93.1 Å². The van der Waals surface area contributed by atoms with Crippen molar-refractivity contribution in [1.82, 2.24) is 0 Å². The number of esters is 2. The predicted octanol–water partition coefficient (Wildman–Crippen LogP) is 8.53. The summed E-state index contributed by atoms with van der Waals surface area (Å²) in [6.45, 7) is 25.7. The van der Waals surface area contributed by atoms with Crippen LogP contribution >= 0.6 is 11.8 Å². The Hall–Kier alpha value is -1.83. The summed E-state index contributed by atoms with van der Waals surface area (Å²) in [5, 5.41) is 22.9. The second kappa shape index (κ2) is 14.9. The molecule has 0 saturated heterocycles. The molecule has 0 saturated carbocycles. The molecule has 0 aliphatic heterocycles. The summed E-state index contributed by atoms with van der Waals surface area (Å²) in [7, 11) is 0. The van der Waals surface area contributed by atoms with Crippen molar-refractivity contribution in [2.24, 2.45) is 21.7 Å². The van der Waals surface area contributed by atoms with Crippen LogP contribution in [0.1, 0.15) is 122 Å². The first-order valence-electron chi connectivity index (χ1n) is 16.6. The van der Waals surface area contributed by atoms with E-state index in [2.05, 4.69) is 53.7 Å². The average Bonchev–Trinajstić information content (AvgIpc) is 2.87. The molecule has 2 rings (SSSR count). The zero-order valence-electron chi connectivity index (χ0n) is 30.3. The highest BCUT2D eigenvalue weighted by molar-refractivity contribution is 7.99. The fourth-order valence-electron chi connectivity index (χ4n) is 5.29. The minimum Gasteiger partial charge on any atom is -0.465 e. The molecule has 2 aliphatic rings. The largest absolute Gasteiger partial charge is 0.465 e. The summed E-state index contributed by atoms with van der Waals surface area (Å²) in [4.78, 5) is 24.9. The molecule has 0 spiro atoms. The Morgan fingerprint density at radius 1 is 0.667 bits per heavy atom. The van der Waals surface area contributed by atoms with Gasteiger partial charge >= 0.3 is 11.9 Å². The number of aliphatic hydroxyl groups is 2. The summed E-state index contributed by atoms with van der Waals surface area (Å²) in [5.74, 6) is 0.780. The van der Waals surface area contributed by atoms with E-state index in [1.54, 1.807) is 11.8 Å². The third kappa shape index (κ3) is 11.7. The Labute approximate surface area is 278 Å². The predicted molar refractivity (Wildman–Crippen MR) is 187 cm³/mol. The van der Waals surface area contributed by atoms with E-state index < -0.39 is 11.2 Å². The van der Waals surface area contributed by atoms with Crippen LogP contribution in [0, 0.1) is 21.7 Å². The zero-order valence-corrected chi connectivity index (χ0v) is 31.1. The lowest BCUT2D eigenvalue weighted by atomic mass is 9.67. The van der Waals surface area contributed by atoms with Gasteiger partial charge in [-0.05, 0) is 57.8 Å². The van der Waals surface area contributed by atoms with Crippen molar-refractivity contribution in [3.63, 3.8) is 0 Å². The highest BCUT2D eigenvalue weighted by Crippen LogP contribution is 2.46. The van der Waals surface area contributed by atoms with Crippen LogP contribution in [0.4, 0.5) is 0 Å². The van der Waals surface area contributed by atoms with Crippen molar-refractivity contribution in [3.05, 3.63) is 46.6 Å². The van der Waals surface area contributed by atoms with E-state index >= 15 is 0 Å². The van der Waals surface area contributed by atoms with Gasteiger partial charge in [0.1, 0.15) is 13.2 Å². The molecule has 0 fully saturated rings. The molecule has 2 atom stereocenters. The third-order valence-electron chi connectivity index (χ3n) is 9.11. The first kappa shape index (κ1) is 39.3. The highest BCUT2D eigenvalue weighted by Gasteiger charge is 2.43. The van der Waals surface area contributed by atoms with E-state index in [1.165, 1.54) is 0 Å². The Morgan fingerprint density at radius 2 is 1.00 bits per heavy atom. The molecule has 256 valence electrons. The van der Waals surface area contributed by atoms with Crippen molar-refractivity contribution in [3.8, 4) is 0 Å². The summed E-state index contributed by atoms with van der Waals surface area (Å²) in [6.07, 6.45) is 11.0. The van der Waals surface area contributed by atoms with Crippen LogP contribution in [0.15, 0.2) is 46.6 Å². The highest BCUT2D eigenvalue weighted by atomic mass is 32.2. The van der Waals surface area contributed by atoms with Crippen molar-refractivity contribution in [1.29, 1.82) is 0 Å². The number of hydrogen-bond acceptors (Lipinski definition) is 7. The fraction of sp³-hybridized carbons (Fsp3) is 0.737. The lowest BCUT2D eigenvalue weighted by molar-refractivity contribution is -0.143. The maximum absolute atomic E-state index is 12.4. The van der Waals surface area contributed by atoms with Crippen LogP contribution < -0.4 is 0 Å². The van der Waals surface area contributed by atoms with E-state index in [-0.39, 0.29) is 46.4 Å². The van der Waals surface area contributed by atoms with Crippen molar-refractivity contribution in [2.45, 2.75) is 133 Å². The lowest BCUT2D eigenvalue weighted by Gasteiger charge is -2.43. The van der Waals surface area contributed by atoms with Gasteiger partial charge in [0.25, 0.3) is 0 Å². The Kier molecular flexibility index (Phi) is 13.1. The number of rotatable bonds is 12. The van der Waals surface area contributed by atoms with Crippen LogP contribution in [0.2, 0.25) is 0 Å². The van der Waals surface area contributed by atoms with Crippen LogP contribution in [0.25, 0.3) is 0 Å². The molecular formula is C38H62O6S. The van der Waals surface area contributed by atoms with Gasteiger partial charge < -0.3 is 19.7 Å². The van der Waals surface area contributed by atoms with E-state index in [9.17, 15) is 19.8 Å². The van der Waals surface area contributed by atoms with Crippen LogP contribution in [0.5, 0.6) is 0 Å². The molecule has 0 radical (unpaired) electrons. The molecule has 0 aromatic heterocycles. The molecule has 0 aromatic carbocycles. The van der Waals surface area contributed by atoms with Gasteiger partial charge in [-0.2, -0.15) is 11.8 Å². The van der Waals surface area contributed by atoms with Crippen molar-refractivity contribution < 1.29 is 29.3 Å². The van der Waals surface area contributed by atoms with Gasteiger partial charge in [-0.15, -0.1) is 0 Å². The fourth-order valence-corrected chi connectivity index (χ4v) is 5.89. The Balaban J connectivity index is 1.70. The number of ether oxygens (including phenoxy) is 2. The molecule has 2 aliphatic carbocycles. The zero-order chi connectivity index (χ0) is 34.5. The average molecular weight is 647 g/mol. The molecule has 6 nitrogen and oxygen atoms in total. The molecule has 2 N–H and O–H groups in total. The molecule has 0 aromatic rings. The van der Waals surface area contributed by atoms with Crippen LogP contribution in [0.3, 0.4) is 0 Å². The van der Waals surface area contributed by atoms with E-state index in [0.29, 0.717) is 50.4 Å². The molecule has 2 unspecified atom stereocenters. The van der Waals surface area contributed by atoms with Gasteiger partial charge in [-0.3, -0.25) is 9.59 Å². The van der Waals surface area contributed by atoms with Crippen molar-refractivity contribution >= 4 is 23.7 Å². The summed E-state index contributed by atoms with van der Waals surface area (Å²) in [6, 6.07) is 0. The van der Waals surface area contributed by atoms with Gasteiger partial charge in [0.05, 0.1) is 11.2 Å².